The molecule has 0 aliphatic heterocycles. The molecule has 1 rings (SSSR count). The van der Waals surface area contributed by atoms with E-state index in [1.807, 2.05) is 5.19 Å². The van der Waals surface area contributed by atoms with Crippen molar-refractivity contribution in [1.82, 2.24) is 0 Å². The summed E-state index contributed by atoms with van der Waals surface area (Å²) in [6.07, 6.45) is 0. The van der Waals surface area contributed by atoms with Crippen LogP contribution in [0.25, 0.3) is 0 Å². The number of benzene rings is 1. The van der Waals surface area contributed by atoms with E-state index in [2.05, 4.69) is 92.6 Å². The van der Waals surface area contributed by atoms with Gasteiger partial charge in [-0.1, -0.05) is 152 Å². The minimum absolute atomic E-state index is 1.37. The molecule has 0 bridgehead atoms. The summed E-state index contributed by atoms with van der Waals surface area (Å²) in [7, 11) is -4.12. The van der Waals surface area contributed by atoms with Gasteiger partial charge in [0.1, 0.15) is 0 Å². The van der Waals surface area contributed by atoms with Gasteiger partial charge in [-0.25, -0.2) is 0 Å². The SMILES string of the molecule is CC[Si](CC)(CC)[Si](c1ccccc1)([Si](CC)(CC)CC)[Si](CC)(CC)CC. The maximum absolute atomic E-state index is 2.65. The molecule has 0 aliphatic carbocycles. The van der Waals surface area contributed by atoms with Crippen LogP contribution in [0.5, 0.6) is 0 Å². The van der Waals surface area contributed by atoms with Gasteiger partial charge < -0.3 is 0 Å². The minimum atomic E-state index is -1.59. The molecule has 0 heterocycles. The first kappa shape index (κ1) is 26.1. The Hall–Kier alpha value is 0.0875. The molecule has 0 saturated carbocycles. The van der Waals surface area contributed by atoms with E-state index in [0.717, 1.165) is 0 Å². The van der Waals surface area contributed by atoms with E-state index in [0.29, 0.717) is 0 Å². The van der Waals surface area contributed by atoms with Crippen molar-refractivity contribution in [2.45, 2.75) is 117 Å². The first-order valence-corrected chi connectivity index (χ1v) is 25.3. The summed E-state index contributed by atoms with van der Waals surface area (Å²) in [6, 6.07) is 26.2. The van der Waals surface area contributed by atoms with Crippen molar-refractivity contribution in [2.24, 2.45) is 0 Å². The van der Waals surface area contributed by atoms with Crippen molar-refractivity contribution < 1.29 is 0 Å². The molecule has 0 fully saturated rings. The van der Waals surface area contributed by atoms with Gasteiger partial charge in [0, 0.05) is 22.8 Å². The first-order chi connectivity index (χ1) is 13.4. The van der Waals surface area contributed by atoms with Gasteiger partial charge in [-0.3, -0.25) is 0 Å². The van der Waals surface area contributed by atoms with Crippen LogP contribution in [0.1, 0.15) is 62.3 Å². The summed E-state index contributed by atoms with van der Waals surface area (Å²) in [4.78, 5) is 0. The van der Waals surface area contributed by atoms with E-state index in [1.54, 1.807) is 0 Å². The highest BCUT2D eigenvalue weighted by Gasteiger charge is 2.70. The molecule has 4 heteroatoms. The van der Waals surface area contributed by atoms with Gasteiger partial charge in [0.25, 0.3) is 0 Å². The van der Waals surface area contributed by atoms with Gasteiger partial charge in [0.2, 0.25) is 0 Å². The van der Waals surface area contributed by atoms with Crippen molar-refractivity contribution in [3.05, 3.63) is 30.3 Å². The molecule has 0 saturated heterocycles. The number of hydrogen-bond acceptors (Lipinski definition) is 0. The maximum Gasteiger partial charge on any atom is 0.0708 e. The van der Waals surface area contributed by atoms with Crippen LogP contribution in [-0.4, -0.2) is 29.4 Å². The van der Waals surface area contributed by atoms with E-state index >= 15 is 0 Å². The summed E-state index contributed by atoms with van der Waals surface area (Å²) in [5.74, 6) is 0. The molecule has 28 heavy (non-hydrogen) atoms. The molecule has 0 atom stereocenters. The Labute approximate surface area is 181 Å². The normalized spacial score (nSPS) is 13.8. The van der Waals surface area contributed by atoms with Gasteiger partial charge in [0.15, 0.2) is 0 Å². The largest absolute Gasteiger partial charge is 0.0708 e. The van der Waals surface area contributed by atoms with Crippen LogP contribution in [0, 0.1) is 0 Å². The summed E-state index contributed by atoms with van der Waals surface area (Å²) in [6.45, 7) is 21.9. The Kier molecular flexibility index (Phi) is 10.2. The van der Waals surface area contributed by atoms with Crippen LogP contribution >= 0.6 is 0 Å². The zero-order chi connectivity index (χ0) is 21.5. The molecular formula is C24H50Si4. The minimum Gasteiger partial charge on any atom is -0.0680 e. The molecule has 0 aliphatic rings. The van der Waals surface area contributed by atoms with Crippen molar-refractivity contribution in [3.8, 4) is 0 Å². The second kappa shape index (κ2) is 10.9. The Bertz CT molecular complexity index is 482. The lowest BCUT2D eigenvalue weighted by Gasteiger charge is -2.66. The van der Waals surface area contributed by atoms with Crippen molar-refractivity contribution >= 4 is 34.6 Å². The first-order valence-electron chi connectivity index (χ1n) is 12.5. The molecule has 0 amide bonds. The third-order valence-electron chi connectivity index (χ3n) is 9.68. The molecule has 0 radical (unpaired) electrons. The van der Waals surface area contributed by atoms with E-state index < -0.39 is 29.4 Å². The molecule has 0 spiro atoms. The van der Waals surface area contributed by atoms with Crippen LogP contribution in [0.15, 0.2) is 30.3 Å². The van der Waals surface area contributed by atoms with Crippen LogP contribution < -0.4 is 5.19 Å². The quantitative estimate of drug-likeness (QED) is 0.266. The lowest BCUT2D eigenvalue weighted by molar-refractivity contribution is 1.17. The summed E-state index contributed by atoms with van der Waals surface area (Å²) in [5.41, 5.74) is 0. The topological polar surface area (TPSA) is 0 Å². The summed E-state index contributed by atoms with van der Waals surface area (Å²) < 4.78 is 0. The van der Waals surface area contributed by atoms with Gasteiger partial charge in [-0.05, 0) is 0 Å². The van der Waals surface area contributed by atoms with Crippen molar-refractivity contribution in [2.75, 3.05) is 0 Å². The predicted molar refractivity (Wildman–Crippen MR) is 143 cm³/mol. The van der Waals surface area contributed by atoms with E-state index in [-0.39, 0.29) is 0 Å². The fourth-order valence-corrected chi connectivity index (χ4v) is 114. The molecule has 1 aromatic carbocycles. The standard InChI is InChI=1S/C24H50Si4/c1-10-25(11-2,12-3)28(24-22-20-19-21-23-24,26(13-4,14-5)15-6)27(16-7,17-8)18-9/h19-23H,10-18H2,1-9H3. The van der Waals surface area contributed by atoms with Gasteiger partial charge in [0.05, 0.1) is 6.63 Å². The molecule has 162 valence electrons. The van der Waals surface area contributed by atoms with Crippen LogP contribution in [0.4, 0.5) is 0 Å². The Morgan fingerprint density at radius 3 is 0.893 bits per heavy atom. The van der Waals surface area contributed by atoms with Crippen LogP contribution in [0.3, 0.4) is 0 Å². The van der Waals surface area contributed by atoms with Gasteiger partial charge in [-0.15, -0.1) is 0 Å². The number of rotatable bonds is 13. The third kappa shape index (κ3) is 3.54. The number of hydrogen-bond donors (Lipinski definition) is 0. The van der Waals surface area contributed by atoms with Gasteiger partial charge >= 0.3 is 0 Å². The van der Waals surface area contributed by atoms with Crippen LogP contribution in [0.2, 0.25) is 54.4 Å². The average Bonchev–Trinajstić information content (AvgIpc) is 2.78. The zero-order valence-corrected chi connectivity index (χ0v) is 24.8. The highest BCUT2D eigenvalue weighted by molar-refractivity contribution is 7.93. The molecule has 0 nitrogen and oxygen atoms in total. The third-order valence-corrected chi connectivity index (χ3v) is 82.9. The van der Waals surface area contributed by atoms with Crippen LogP contribution in [-0.2, 0) is 0 Å². The lowest BCUT2D eigenvalue weighted by Crippen LogP contribution is -2.93. The second-order valence-corrected chi connectivity index (χ2v) is 46.1. The molecular weight excluding hydrogens is 401 g/mol. The Morgan fingerprint density at radius 2 is 0.679 bits per heavy atom. The highest BCUT2D eigenvalue weighted by atomic mass is 29.9. The summed E-state index contributed by atoms with van der Waals surface area (Å²) in [5, 5.41) is 1.95. The molecule has 1 aromatic rings. The van der Waals surface area contributed by atoms with Crippen molar-refractivity contribution in [3.63, 3.8) is 0 Å². The molecule has 0 unspecified atom stereocenters. The van der Waals surface area contributed by atoms with Gasteiger partial charge in [-0.2, -0.15) is 0 Å². The lowest BCUT2D eigenvalue weighted by atomic mass is 10.4. The second-order valence-electron chi connectivity index (χ2n) is 9.14. The van der Waals surface area contributed by atoms with E-state index in [4.69, 9.17) is 0 Å². The smallest absolute Gasteiger partial charge is 0.0680 e. The molecule has 0 aromatic heterocycles. The predicted octanol–water partition coefficient (Wildman–Crippen LogP) is 8.10. The van der Waals surface area contributed by atoms with E-state index in [9.17, 15) is 0 Å². The summed E-state index contributed by atoms with van der Waals surface area (Å²) >= 11 is 0. The fraction of sp³-hybridized carbons (Fsp3) is 0.750. The fourth-order valence-electron chi connectivity index (χ4n) is 7.93. The monoisotopic (exact) mass is 450 g/mol. The molecule has 0 N–H and O–H groups in total. The maximum atomic E-state index is 2.65. The average molecular weight is 451 g/mol. The zero-order valence-electron chi connectivity index (χ0n) is 20.8. The Balaban J connectivity index is 4.33. The Morgan fingerprint density at radius 1 is 0.429 bits per heavy atom. The van der Waals surface area contributed by atoms with Crippen molar-refractivity contribution in [1.29, 1.82) is 0 Å². The van der Waals surface area contributed by atoms with E-state index in [1.165, 1.54) is 54.4 Å². The highest BCUT2D eigenvalue weighted by Crippen LogP contribution is 2.50.